The Morgan fingerprint density at radius 3 is 2.64 bits per heavy atom. The summed E-state index contributed by atoms with van der Waals surface area (Å²) in [6.45, 7) is 2.49. The fourth-order valence-corrected chi connectivity index (χ4v) is 3.16. The molecule has 0 saturated heterocycles. The number of carbonyl (C=O) groups excluding carboxylic acids is 1. The molecule has 1 aliphatic heterocycles. The summed E-state index contributed by atoms with van der Waals surface area (Å²) in [6.07, 6.45) is 1.64. The Morgan fingerprint density at radius 1 is 1.04 bits per heavy atom. The predicted molar refractivity (Wildman–Crippen MR) is 104 cm³/mol. The smallest absolute Gasteiger partial charge is 0.237 e. The summed E-state index contributed by atoms with van der Waals surface area (Å²) in [7, 11) is 0. The van der Waals surface area contributed by atoms with E-state index in [1.807, 2.05) is 67.6 Å². The second-order valence-electron chi connectivity index (χ2n) is 6.65. The van der Waals surface area contributed by atoms with Gasteiger partial charge in [0.15, 0.2) is 11.5 Å². The van der Waals surface area contributed by atoms with Gasteiger partial charge < -0.3 is 19.2 Å². The lowest BCUT2D eigenvalue weighted by Gasteiger charge is -2.22. The number of carbonyl (C=O) groups is 1. The Morgan fingerprint density at radius 2 is 1.86 bits per heavy atom. The molecule has 1 aromatic heterocycles. The Labute approximate surface area is 163 Å². The Kier molecular flexibility index (Phi) is 5.30. The molecule has 1 amide bonds. The topological polar surface area (TPSA) is 72.7 Å². The molecule has 2 aromatic carbocycles. The first-order valence-corrected chi connectivity index (χ1v) is 9.21. The molecule has 2 atom stereocenters. The van der Waals surface area contributed by atoms with Crippen LogP contribution in [0, 0.1) is 0 Å². The van der Waals surface area contributed by atoms with E-state index in [2.05, 4.69) is 10.6 Å². The van der Waals surface area contributed by atoms with E-state index in [1.165, 1.54) is 0 Å². The van der Waals surface area contributed by atoms with Gasteiger partial charge in [0.1, 0.15) is 5.76 Å². The number of amides is 1. The lowest BCUT2D eigenvalue weighted by atomic mass is 10.0. The zero-order valence-corrected chi connectivity index (χ0v) is 15.6. The molecule has 144 valence electrons. The third kappa shape index (κ3) is 4.02. The van der Waals surface area contributed by atoms with Gasteiger partial charge in [-0.1, -0.05) is 36.4 Å². The average Bonchev–Trinajstić information content (AvgIpc) is 3.42. The number of furan rings is 1. The molecule has 28 heavy (non-hydrogen) atoms. The molecule has 2 N–H and O–H groups in total. The van der Waals surface area contributed by atoms with Gasteiger partial charge in [-0.15, -0.1) is 0 Å². The molecule has 0 unspecified atom stereocenters. The minimum absolute atomic E-state index is 0.0924. The van der Waals surface area contributed by atoms with E-state index in [4.69, 9.17) is 13.9 Å². The van der Waals surface area contributed by atoms with Gasteiger partial charge in [-0.3, -0.25) is 10.1 Å². The van der Waals surface area contributed by atoms with Gasteiger partial charge in [0.05, 0.1) is 18.3 Å². The van der Waals surface area contributed by atoms with E-state index in [0.29, 0.717) is 12.3 Å². The minimum Gasteiger partial charge on any atom is -0.467 e. The number of ether oxygens (including phenoxy) is 2. The highest BCUT2D eigenvalue weighted by Gasteiger charge is 2.22. The zero-order valence-electron chi connectivity index (χ0n) is 15.6. The summed E-state index contributed by atoms with van der Waals surface area (Å²) in [5, 5.41) is 6.33. The first kappa shape index (κ1) is 18.1. The van der Waals surface area contributed by atoms with Crippen LogP contribution in [0.15, 0.2) is 71.3 Å². The molecule has 6 nitrogen and oxygen atoms in total. The van der Waals surface area contributed by atoms with Gasteiger partial charge in [-0.2, -0.15) is 0 Å². The summed E-state index contributed by atoms with van der Waals surface area (Å²) >= 11 is 0. The Bertz CT molecular complexity index is 925. The minimum atomic E-state index is -0.413. The van der Waals surface area contributed by atoms with Crippen LogP contribution in [-0.4, -0.2) is 18.7 Å². The number of rotatable bonds is 7. The Balaban J connectivity index is 1.40. The normalized spacial score (nSPS) is 14.5. The molecular weight excluding hydrogens is 356 g/mol. The number of nitrogens with one attached hydrogen (secondary N) is 2. The van der Waals surface area contributed by atoms with Crippen molar-refractivity contribution in [3.05, 3.63) is 83.8 Å². The van der Waals surface area contributed by atoms with Crippen LogP contribution in [-0.2, 0) is 11.3 Å². The Hall–Kier alpha value is -3.25. The maximum Gasteiger partial charge on any atom is 0.237 e. The van der Waals surface area contributed by atoms with Gasteiger partial charge in [-0.05, 0) is 42.3 Å². The molecule has 2 heterocycles. The van der Waals surface area contributed by atoms with Crippen molar-refractivity contribution in [3.63, 3.8) is 0 Å². The van der Waals surface area contributed by atoms with Gasteiger partial charge in [-0.25, -0.2) is 0 Å². The van der Waals surface area contributed by atoms with E-state index < -0.39 is 6.04 Å². The van der Waals surface area contributed by atoms with Crippen molar-refractivity contribution >= 4 is 5.91 Å². The van der Waals surface area contributed by atoms with E-state index in [1.54, 1.807) is 6.26 Å². The second-order valence-corrected chi connectivity index (χ2v) is 6.65. The van der Waals surface area contributed by atoms with E-state index >= 15 is 0 Å². The monoisotopic (exact) mass is 378 g/mol. The van der Waals surface area contributed by atoms with Crippen LogP contribution in [0.25, 0.3) is 0 Å². The molecule has 0 bridgehead atoms. The summed E-state index contributed by atoms with van der Waals surface area (Å²) < 4.78 is 16.3. The number of hydrogen-bond donors (Lipinski definition) is 2. The molecular formula is C22H22N2O4. The molecule has 1 aliphatic rings. The highest BCUT2D eigenvalue weighted by molar-refractivity contribution is 5.81. The van der Waals surface area contributed by atoms with Gasteiger partial charge in [0.2, 0.25) is 12.7 Å². The largest absolute Gasteiger partial charge is 0.467 e. The average molecular weight is 378 g/mol. The van der Waals surface area contributed by atoms with Crippen molar-refractivity contribution in [3.8, 4) is 11.5 Å². The summed E-state index contributed by atoms with van der Waals surface area (Å²) in [5.74, 6) is 2.11. The first-order chi connectivity index (χ1) is 13.7. The molecule has 0 saturated carbocycles. The first-order valence-electron chi connectivity index (χ1n) is 9.21. The van der Waals surface area contributed by atoms with Crippen LogP contribution >= 0.6 is 0 Å². The predicted octanol–water partition coefficient (Wildman–Crippen LogP) is 3.39. The molecule has 6 heteroatoms. The number of hydrogen-bond acceptors (Lipinski definition) is 5. The van der Waals surface area contributed by atoms with Gasteiger partial charge >= 0.3 is 0 Å². The van der Waals surface area contributed by atoms with E-state index in [-0.39, 0.29) is 18.7 Å². The zero-order chi connectivity index (χ0) is 19.3. The van der Waals surface area contributed by atoms with Crippen molar-refractivity contribution in [2.45, 2.75) is 25.6 Å². The highest BCUT2D eigenvalue weighted by Crippen LogP contribution is 2.32. The van der Waals surface area contributed by atoms with Crippen LogP contribution in [0.3, 0.4) is 0 Å². The van der Waals surface area contributed by atoms with E-state index in [0.717, 1.165) is 22.6 Å². The van der Waals surface area contributed by atoms with E-state index in [9.17, 15) is 4.79 Å². The summed E-state index contributed by atoms with van der Waals surface area (Å²) in [5.41, 5.74) is 1.99. The summed E-state index contributed by atoms with van der Waals surface area (Å²) in [6, 6.07) is 18.7. The van der Waals surface area contributed by atoms with Crippen molar-refractivity contribution < 1.29 is 18.7 Å². The van der Waals surface area contributed by atoms with Crippen molar-refractivity contribution in [2.24, 2.45) is 0 Å². The van der Waals surface area contributed by atoms with Gasteiger partial charge in [0.25, 0.3) is 0 Å². The van der Waals surface area contributed by atoms with Crippen LogP contribution in [0.1, 0.15) is 29.9 Å². The maximum atomic E-state index is 12.6. The maximum absolute atomic E-state index is 12.6. The van der Waals surface area contributed by atoms with Crippen molar-refractivity contribution in [1.82, 2.24) is 10.6 Å². The molecule has 0 fully saturated rings. The summed E-state index contributed by atoms with van der Waals surface area (Å²) in [4.78, 5) is 12.6. The fraction of sp³-hybridized carbons (Fsp3) is 0.227. The molecule has 4 rings (SSSR count). The van der Waals surface area contributed by atoms with Crippen molar-refractivity contribution in [2.75, 3.05) is 6.79 Å². The lowest BCUT2D eigenvalue weighted by Crippen LogP contribution is -2.43. The third-order valence-corrected chi connectivity index (χ3v) is 4.67. The lowest BCUT2D eigenvalue weighted by molar-refractivity contribution is -0.123. The molecule has 0 aliphatic carbocycles. The third-order valence-electron chi connectivity index (χ3n) is 4.67. The number of fused-ring (bicyclic) bond motifs is 1. The van der Waals surface area contributed by atoms with Crippen LogP contribution in [0.2, 0.25) is 0 Å². The quantitative estimate of drug-likeness (QED) is 0.659. The van der Waals surface area contributed by atoms with Crippen LogP contribution < -0.4 is 20.1 Å². The molecule has 0 radical (unpaired) electrons. The highest BCUT2D eigenvalue weighted by atomic mass is 16.7. The van der Waals surface area contributed by atoms with Crippen molar-refractivity contribution in [1.29, 1.82) is 0 Å². The fourth-order valence-electron chi connectivity index (χ4n) is 3.16. The molecule has 0 spiro atoms. The SMILES string of the molecule is C[C@H](N[C@H](c1ccccc1)c1ccco1)C(=O)NCc1ccc2c(c1)OCO2. The van der Waals surface area contributed by atoms with Gasteiger partial charge in [0, 0.05) is 6.54 Å². The molecule has 3 aromatic rings. The number of benzene rings is 2. The second kappa shape index (κ2) is 8.19. The standard InChI is InChI=1S/C22H22N2O4/c1-15(22(25)23-13-16-9-10-18-20(12-16)28-14-27-18)24-21(19-8-5-11-26-19)17-6-3-2-4-7-17/h2-12,15,21,24H,13-14H2,1H3,(H,23,25)/t15-,21+/m0/s1. The van der Waals surface area contributed by atoms with Crippen LogP contribution in [0.4, 0.5) is 0 Å². The van der Waals surface area contributed by atoms with Crippen LogP contribution in [0.5, 0.6) is 11.5 Å².